The summed E-state index contributed by atoms with van der Waals surface area (Å²) in [5, 5.41) is 2.89. The van der Waals surface area contributed by atoms with Gasteiger partial charge in [0.05, 0.1) is 0 Å². The molecule has 0 radical (unpaired) electrons. The first-order chi connectivity index (χ1) is 8.79. The molecule has 5 heteroatoms. The predicted molar refractivity (Wildman–Crippen MR) is 74.1 cm³/mol. The van der Waals surface area contributed by atoms with E-state index in [0.717, 1.165) is 0 Å². The second-order valence-corrected chi connectivity index (χ2v) is 4.06. The Hall–Kier alpha value is -1.36. The van der Waals surface area contributed by atoms with Crippen LogP contribution in [0.5, 0.6) is 5.88 Å². The number of nitrogens with zero attached hydrogens (tertiary/aromatic N) is 3. The molecule has 1 aromatic rings. The van der Waals surface area contributed by atoms with Crippen LogP contribution in [-0.2, 0) is 0 Å². The van der Waals surface area contributed by atoms with Crippen molar-refractivity contribution in [3.05, 3.63) is 12.3 Å². The molecule has 1 N–H and O–H groups in total. The second-order valence-electron chi connectivity index (χ2n) is 4.06. The van der Waals surface area contributed by atoms with E-state index in [1.807, 2.05) is 13.8 Å². The molecule has 0 aromatic carbocycles. The monoisotopic (exact) mass is 252 g/mol. The van der Waals surface area contributed by atoms with Crippen LogP contribution in [0, 0.1) is 0 Å². The highest BCUT2D eigenvalue weighted by Crippen LogP contribution is 2.16. The molecule has 0 saturated carbocycles. The molecule has 1 aliphatic heterocycles. The van der Waals surface area contributed by atoms with Gasteiger partial charge in [-0.3, -0.25) is 0 Å². The number of hydrogen-bond acceptors (Lipinski definition) is 5. The van der Waals surface area contributed by atoms with Crippen molar-refractivity contribution in [2.24, 2.45) is 0 Å². The number of likely N-dealkylation sites (N-methyl/N-ethyl adjacent to an activating group) is 1. The van der Waals surface area contributed by atoms with E-state index in [1.165, 1.54) is 19.4 Å². The Balaban J connectivity index is 0.000000771. The summed E-state index contributed by atoms with van der Waals surface area (Å²) in [4.78, 5) is 10.6. The molecule has 0 amide bonds. The summed E-state index contributed by atoms with van der Waals surface area (Å²) < 4.78 is 5.67. The fourth-order valence-electron chi connectivity index (χ4n) is 1.91. The van der Waals surface area contributed by atoms with Gasteiger partial charge in [0.2, 0.25) is 11.8 Å². The van der Waals surface area contributed by atoms with Gasteiger partial charge >= 0.3 is 0 Å². The summed E-state index contributed by atoms with van der Waals surface area (Å²) in [5.41, 5.74) is 0. The number of nitrogens with one attached hydrogen (secondary N) is 1. The molecule has 0 bridgehead atoms. The van der Waals surface area contributed by atoms with Gasteiger partial charge in [-0.25, -0.2) is 4.98 Å². The molecule has 1 aromatic heterocycles. The summed E-state index contributed by atoms with van der Waals surface area (Å²) in [7, 11) is 3.93. The fourth-order valence-corrected chi connectivity index (χ4v) is 1.91. The number of anilines is 1. The zero-order valence-electron chi connectivity index (χ0n) is 11.8. The van der Waals surface area contributed by atoms with E-state index >= 15 is 0 Å². The van der Waals surface area contributed by atoms with Crippen molar-refractivity contribution in [3.63, 3.8) is 0 Å². The highest BCUT2D eigenvalue weighted by atomic mass is 16.5. The first kappa shape index (κ1) is 14.7. The molecule has 5 nitrogen and oxygen atoms in total. The van der Waals surface area contributed by atoms with Crippen molar-refractivity contribution in [1.82, 2.24) is 14.9 Å². The van der Waals surface area contributed by atoms with Crippen molar-refractivity contribution >= 4 is 5.95 Å². The Morgan fingerprint density at radius 2 is 2.28 bits per heavy atom. The van der Waals surface area contributed by atoms with E-state index < -0.39 is 0 Å². The van der Waals surface area contributed by atoms with Crippen LogP contribution in [0.15, 0.2) is 12.3 Å². The maximum atomic E-state index is 5.67. The summed E-state index contributed by atoms with van der Waals surface area (Å²) in [6.45, 7) is 5.87. The third kappa shape index (κ3) is 4.14. The normalized spacial score (nSPS) is 19.0. The fraction of sp³-hybridized carbons (Fsp3) is 0.692. The molecule has 1 aliphatic rings. The number of rotatable bonds is 4. The van der Waals surface area contributed by atoms with Crippen LogP contribution in [0.2, 0.25) is 0 Å². The largest absolute Gasteiger partial charge is 0.476 e. The predicted octanol–water partition coefficient (Wildman–Crippen LogP) is 2.02. The van der Waals surface area contributed by atoms with E-state index in [4.69, 9.17) is 4.74 Å². The average molecular weight is 252 g/mol. The summed E-state index contributed by atoms with van der Waals surface area (Å²) in [6.07, 6.45) is 4.17. The van der Waals surface area contributed by atoms with Crippen LogP contribution in [0.4, 0.5) is 5.95 Å². The zero-order valence-corrected chi connectivity index (χ0v) is 11.8. The van der Waals surface area contributed by atoms with Gasteiger partial charge in [-0.1, -0.05) is 13.8 Å². The molecule has 1 atom stereocenters. The Labute approximate surface area is 110 Å². The standard InChI is InChI=1S/C11H18N4O.C2H6/c1-12-11-13-6-5-10(14-11)16-8-9-4-3-7-15(9)2;1-2/h5-6,9H,3-4,7-8H2,1-2H3,(H,12,13,14);1-2H3/t9-;/m0./s1. The van der Waals surface area contributed by atoms with Crippen LogP contribution in [0.3, 0.4) is 0 Å². The van der Waals surface area contributed by atoms with E-state index in [2.05, 4.69) is 27.2 Å². The van der Waals surface area contributed by atoms with Crippen molar-refractivity contribution in [3.8, 4) is 5.88 Å². The minimum atomic E-state index is 0.521. The van der Waals surface area contributed by atoms with Crippen LogP contribution in [-0.4, -0.2) is 48.2 Å². The summed E-state index contributed by atoms with van der Waals surface area (Å²) >= 11 is 0. The molecule has 2 heterocycles. The van der Waals surface area contributed by atoms with Crippen LogP contribution in [0.1, 0.15) is 26.7 Å². The number of likely N-dealkylation sites (tertiary alicyclic amines) is 1. The van der Waals surface area contributed by atoms with Gasteiger partial charge in [0.1, 0.15) is 6.61 Å². The van der Waals surface area contributed by atoms with Crippen molar-refractivity contribution in [1.29, 1.82) is 0 Å². The summed E-state index contributed by atoms with van der Waals surface area (Å²) in [6, 6.07) is 2.31. The van der Waals surface area contributed by atoms with E-state index in [1.54, 1.807) is 19.3 Å². The Morgan fingerprint density at radius 3 is 2.89 bits per heavy atom. The molecule has 1 saturated heterocycles. The first-order valence-electron chi connectivity index (χ1n) is 6.63. The minimum absolute atomic E-state index is 0.521. The van der Waals surface area contributed by atoms with Gasteiger partial charge < -0.3 is 15.0 Å². The lowest BCUT2D eigenvalue weighted by Gasteiger charge is -2.19. The molecule has 18 heavy (non-hydrogen) atoms. The Bertz CT molecular complexity index is 346. The highest BCUT2D eigenvalue weighted by molar-refractivity contribution is 5.26. The molecule has 2 rings (SSSR count). The molecule has 0 unspecified atom stereocenters. The summed E-state index contributed by atoms with van der Waals surface area (Å²) in [5.74, 6) is 1.23. The lowest BCUT2D eigenvalue weighted by molar-refractivity contribution is 0.193. The van der Waals surface area contributed by atoms with Crippen LogP contribution in [0.25, 0.3) is 0 Å². The first-order valence-corrected chi connectivity index (χ1v) is 6.63. The van der Waals surface area contributed by atoms with Crippen LogP contribution < -0.4 is 10.1 Å². The van der Waals surface area contributed by atoms with Gasteiger partial charge in [0.25, 0.3) is 0 Å². The SMILES string of the molecule is CC.CNc1nccc(OC[C@@H]2CCCN2C)n1. The lowest BCUT2D eigenvalue weighted by Crippen LogP contribution is -2.30. The minimum Gasteiger partial charge on any atom is -0.476 e. The highest BCUT2D eigenvalue weighted by Gasteiger charge is 2.21. The van der Waals surface area contributed by atoms with Crippen molar-refractivity contribution < 1.29 is 4.74 Å². The zero-order chi connectivity index (χ0) is 13.4. The second kappa shape index (κ2) is 7.87. The smallest absolute Gasteiger partial charge is 0.225 e. The molecule has 102 valence electrons. The quantitative estimate of drug-likeness (QED) is 0.888. The average Bonchev–Trinajstić information content (AvgIpc) is 2.84. The maximum absolute atomic E-state index is 5.67. The van der Waals surface area contributed by atoms with Crippen molar-refractivity contribution in [2.75, 3.05) is 32.6 Å². The Morgan fingerprint density at radius 1 is 1.50 bits per heavy atom. The van der Waals surface area contributed by atoms with Gasteiger partial charge in [0.15, 0.2) is 0 Å². The van der Waals surface area contributed by atoms with E-state index in [0.29, 0.717) is 24.5 Å². The van der Waals surface area contributed by atoms with Crippen LogP contribution >= 0.6 is 0 Å². The van der Waals surface area contributed by atoms with Gasteiger partial charge in [-0.15, -0.1) is 0 Å². The Kier molecular flexibility index (Phi) is 6.43. The van der Waals surface area contributed by atoms with Gasteiger partial charge in [-0.2, -0.15) is 4.98 Å². The number of hydrogen-bond donors (Lipinski definition) is 1. The number of ether oxygens (including phenoxy) is 1. The third-order valence-electron chi connectivity index (χ3n) is 2.95. The lowest BCUT2D eigenvalue weighted by atomic mass is 10.2. The molecule has 0 aliphatic carbocycles. The number of aromatic nitrogens is 2. The molecule has 1 fully saturated rings. The third-order valence-corrected chi connectivity index (χ3v) is 2.95. The molecule has 0 spiro atoms. The topological polar surface area (TPSA) is 50.3 Å². The van der Waals surface area contributed by atoms with E-state index in [9.17, 15) is 0 Å². The maximum Gasteiger partial charge on any atom is 0.225 e. The molecular weight excluding hydrogens is 228 g/mol. The molecular formula is C13H24N4O. The van der Waals surface area contributed by atoms with Crippen molar-refractivity contribution in [2.45, 2.75) is 32.7 Å². The van der Waals surface area contributed by atoms with Gasteiger partial charge in [0, 0.05) is 25.4 Å². The van der Waals surface area contributed by atoms with E-state index in [-0.39, 0.29) is 0 Å². The van der Waals surface area contributed by atoms with Gasteiger partial charge in [-0.05, 0) is 26.4 Å².